The van der Waals surface area contributed by atoms with E-state index in [1.807, 2.05) is 0 Å². The first-order chi connectivity index (χ1) is 16.7. The largest absolute Gasteiger partial charge is 0.382 e. The van der Waals surface area contributed by atoms with Crippen LogP contribution < -0.4 is 10.6 Å². The number of nitrogens with one attached hydrogen (secondary N) is 2. The van der Waals surface area contributed by atoms with Crippen molar-refractivity contribution in [2.45, 2.75) is 47.4 Å². The Labute approximate surface area is 213 Å². The van der Waals surface area contributed by atoms with Crippen LogP contribution in [-0.4, -0.2) is 80.4 Å². The highest BCUT2D eigenvalue weighted by Gasteiger charge is 2.56. The van der Waals surface area contributed by atoms with Crippen LogP contribution in [0.1, 0.15) is 13.8 Å². The van der Waals surface area contributed by atoms with E-state index in [2.05, 4.69) is 10.6 Å². The normalized spacial score (nSPS) is 26.9. The van der Waals surface area contributed by atoms with Gasteiger partial charge in [0.25, 0.3) is 0 Å². The predicted molar refractivity (Wildman–Crippen MR) is 137 cm³/mol. The van der Waals surface area contributed by atoms with Gasteiger partial charge >= 0.3 is 0 Å². The summed E-state index contributed by atoms with van der Waals surface area (Å²) < 4.78 is 70.8. The Morgan fingerprint density at radius 3 is 1.25 bits per heavy atom. The van der Waals surface area contributed by atoms with Gasteiger partial charge in [-0.1, -0.05) is 0 Å². The van der Waals surface area contributed by atoms with Crippen LogP contribution in [0.3, 0.4) is 0 Å². The predicted octanol–water partition coefficient (Wildman–Crippen LogP) is 2.53. The molecule has 0 spiro atoms. The third kappa shape index (κ3) is 6.36. The fraction of sp³-hybridized carbons (Fsp3) is 0.500. The Morgan fingerprint density at radius 2 is 1.00 bits per heavy atom. The summed E-state index contributed by atoms with van der Waals surface area (Å²) in [5.74, 6) is -2.41. The first-order valence-electron chi connectivity index (χ1n) is 11.2. The molecule has 0 radical (unpaired) electrons. The molecule has 3 rings (SSSR count). The van der Waals surface area contributed by atoms with Crippen LogP contribution >= 0.6 is 0 Å². The lowest BCUT2D eigenvalue weighted by Crippen LogP contribution is -2.67. The Balaban J connectivity index is 1.77. The van der Waals surface area contributed by atoms with Crippen LogP contribution in [0.4, 0.5) is 11.4 Å². The summed E-state index contributed by atoms with van der Waals surface area (Å²) in [5, 5.41) is 6.52. The summed E-state index contributed by atoms with van der Waals surface area (Å²) in [4.78, 5) is 0.467. The van der Waals surface area contributed by atoms with E-state index in [9.17, 15) is 16.8 Å². The summed E-state index contributed by atoms with van der Waals surface area (Å²) in [6.07, 6.45) is 1.34. The van der Waals surface area contributed by atoms with Gasteiger partial charge in [0.15, 0.2) is 19.7 Å². The topological polar surface area (TPSA) is 129 Å². The van der Waals surface area contributed by atoms with Crippen LogP contribution in [0.25, 0.3) is 0 Å². The molecule has 2 aromatic carbocycles. The van der Waals surface area contributed by atoms with Crippen LogP contribution in [0.2, 0.25) is 0 Å². The van der Waals surface area contributed by atoms with Crippen LogP contribution in [0.5, 0.6) is 0 Å². The van der Waals surface area contributed by atoms with Gasteiger partial charge in [0.1, 0.15) is 12.2 Å². The molecule has 0 aromatic heterocycles. The zero-order valence-corrected chi connectivity index (χ0v) is 22.9. The first-order valence-corrected chi connectivity index (χ1v) is 15.0. The van der Waals surface area contributed by atoms with Gasteiger partial charge in [0.2, 0.25) is 11.6 Å². The third-order valence-corrected chi connectivity index (χ3v) is 8.61. The molecule has 1 aliphatic rings. The summed E-state index contributed by atoms with van der Waals surface area (Å²) in [6, 6.07) is 12.9. The van der Waals surface area contributed by atoms with E-state index in [1.165, 1.54) is 38.5 Å². The maximum atomic E-state index is 11.7. The lowest BCUT2D eigenvalue weighted by atomic mass is 10.0. The van der Waals surface area contributed by atoms with E-state index >= 15 is 0 Å². The minimum atomic E-state index is -3.29. The summed E-state index contributed by atoms with van der Waals surface area (Å²) in [5.41, 5.74) is 1.43. The van der Waals surface area contributed by atoms with Crippen molar-refractivity contribution in [3.05, 3.63) is 48.5 Å². The van der Waals surface area contributed by atoms with Gasteiger partial charge in [-0.25, -0.2) is 16.8 Å². The van der Waals surface area contributed by atoms with Crippen LogP contribution in [0.15, 0.2) is 58.3 Å². The summed E-state index contributed by atoms with van der Waals surface area (Å²) in [7, 11) is -3.55. The average molecular weight is 543 g/mol. The fourth-order valence-corrected chi connectivity index (χ4v) is 5.09. The van der Waals surface area contributed by atoms with Gasteiger partial charge in [-0.2, -0.15) is 0 Å². The summed E-state index contributed by atoms with van der Waals surface area (Å²) >= 11 is 0. The number of methoxy groups -OCH3 is 2. The van der Waals surface area contributed by atoms with Gasteiger partial charge in [-0.3, -0.25) is 0 Å². The van der Waals surface area contributed by atoms with Gasteiger partial charge in [0.05, 0.1) is 9.79 Å². The van der Waals surface area contributed by atoms with Crippen molar-refractivity contribution in [2.75, 3.05) is 50.5 Å². The molecule has 36 heavy (non-hydrogen) atoms. The van der Waals surface area contributed by atoms with E-state index in [1.54, 1.807) is 38.1 Å². The van der Waals surface area contributed by atoms with E-state index < -0.39 is 43.5 Å². The molecular weight excluding hydrogens is 508 g/mol. The van der Waals surface area contributed by atoms with E-state index in [0.717, 1.165) is 12.5 Å². The van der Waals surface area contributed by atoms with Crippen molar-refractivity contribution in [3.8, 4) is 0 Å². The maximum absolute atomic E-state index is 11.7. The molecule has 1 saturated heterocycles. The standard InChI is InChI=1S/C24H34N2O8S2/c1-23(31-3)24(2,32-4)34-22(16-26-18-9-13-20(14-10-18)36(6,29)30)21(33-23)15-25-17-7-11-19(12-8-17)35(5,27)28/h7-14,21-22,25-26H,15-16H2,1-6H3/t21-,22-,23+,24+/m0/s1. The third-order valence-electron chi connectivity index (χ3n) is 6.35. The average Bonchev–Trinajstić information content (AvgIpc) is 2.83. The number of rotatable bonds is 10. The van der Waals surface area contributed by atoms with E-state index in [-0.39, 0.29) is 9.79 Å². The van der Waals surface area contributed by atoms with Crippen molar-refractivity contribution in [3.63, 3.8) is 0 Å². The Hall–Kier alpha value is -2.22. The lowest BCUT2D eigenvalue weighted by molar-refractivity contribution is -0.444. The Morgan fingerprint density at radius 1 is 0.694 bits per heavy atom. The van der Waals surface area contributed by atoms with E-state index in [0.29, 0.717) is 24.5 Å². The Kier molecular flexibility index (Phi) is 8.38. The van der Waals surface area contributed by atoms with Crippen molar-refractivity contribution in [2.24, 2.45) is 0 Å². The lowest BCUT2D eigenvalue weighted by Gasteiger charge is -2.52. The number of benzene rings is 2. The van der Waals surface area contributed by atoms with Crippen molar-refractivity contribution in [1.29, 1.82) is 0 Å². The molecule has 0 bridgehead atoms. The highest BCUT2D eigenvalue weighted by atomic mass is 32.2. The van der Waals surface area contributed by atoms with Crippen molar-refractivity contribution >= 4 is 31.0 Å². The molecule has 0 unspecified atom stereocenters. The molecule has 2 N–H and O–H groups in total. The molecule has 0 saturated carbocycles. The molecule has 0 amide bonds. The number of hydrogen-bond acceptors (Lipinski definition) is 10. The molecule has 1 heterocycles. The van der Waals surface area contributed by atoms with Crippen LogP contribution in [-0.2, 0) is 38.6 Å². The second-order valence-corrected chi connectivity index (χ2v) is 13.0. The Bertz CT molecular complexity index is 1150. The zero-order valence-electron chi connectivity index (χ0n) is 21.3. The quantitative estimate of drug-likeness (QED) is 0.462. The molecular formula is C24H34N2O8S2. The monoisotopic (exact) mass is 542 g/mol. The SMILES string of the molecule is CO[C@]1(C)O[C@@H](CNc2ccc(S(C)(=O)=O)cc2)[C@H](CNc2ccc(S(C)(=O)=O)cc2)O[C@@]1(C)OC. The molecule has 1 fully saturated rings. The second kappa shape index (κ2) is 10.6. The molecule has 4 atom stereocenters. The maximum Gasteiger partial charge on any atom is 0.220 e. The number of hydrogen-bond donors (Lipinski definition) is 2. The van der Waals surface area contributed by atoms with Crippen molar-refractivity contribution in [1.82, 2.24) is 0 Å². The van der Waals surface area contributed by atoms with E-state index in [4.69, 9.17) is 18.9 Å². The second-order valence-electron chi connectivity index (χ2n) is 8.97. The summed E-state index contributed by atoms with van der Waals surface area (Å²) in [6.45, 7) is 4.13. The highest BCUT2D eigenvalue weighted by Crippen LogP contribution is 2.39. The minimum Gasteiger partial charge on any atom is -0.382 e. The van der Waals surface area contributed by atoms with Gasteiger partial charge in [-0.05, 0) is 62.4 Å². The fourth-order valence-electron chi connectivity index (χ4n) is 3.83. The molecule has 10 nitrogen and oxygen atoms in total. The molecule has 1 aliphatic heterocycles. The zero-order chi connectivity index (χ0) is 26.8. The number of anilines is 2. The van der Waals surface area contributed by atoms with Gasteiger partial charge in [-0.15, -0.1) is 0 Å². The smallest absolute Gasteiger partial charge is 0.220 e. The minimum absolute atomic E-state index is 0.233. The van der Waals surface area contributed by atoms with Crippen LogP contribution in [0, 0.1) is 0 Å². The molecule has 2 aromatic rings. The molecule has 0 aliphatic carbocycles. The first kappa shape index (κ1) is 28.4. The van der Waals surface area contributed by atoms with Crippen molar-refractivity contribution < 1.29 is 35.8 Å². The molecule has 200 valence electrons. The van der Waals surface area contributed by atoms with Gasteiger partial charge in [0, 0.05) is 51.2 Å². The highest BCUT2D eigenvalue weighted by molar-refractivity contribution is 7.91. The molecule has 12 heteroatoms. The number of sulfone groups is 2. The number of ether oxygens (including phenoxy) is 4. The van der Waals surface area contributed by atoms with Gasteiger partial charge < -0.3 is 29.6 Å².